The van der Waals surface area contributed by atoms with Gasteiger partial charge in [-0.15, -0.1) is 0 Å². The largest absolute Gasteiger partial charge is 0.450 e. The van der Waals surface area contributed by atoms with Crippen LogP contribution in [0.2, 0.25) is 0 Å². The Balaban J connectivity index is 1.86. The first-order valence-electron chi connectivity index (χ1n) is 9.07. The number of non-ortho nitro benzene ring substituents is 1. The van der Waals surface area contributed by atoms with E-state index in [-0.39, 0.29) is 23.4 Å². The van der Waals surface area contributed by atoms with Gasteiger partial charge in [-0.2, -0.15) is 0 Å². The zero-order valence-corrected chi connectivity index (χ0v) is 16.1. The summed E-state index contributed by atoms with van der Waals surface area (Å²) in [6.45, 7) is 5.75. The first kappa shape index (κ1) is 21.1. The molecule has 1 aromatic carbocycles. The Morgan fingerprint density at radius 3 is 2.39 bits per heavy atom. The lowest BCUT2D eigenvalue weighted by Crippen LogP contribution is -2.36. The molecular formula is C20H24N2O6. The minimum absolute atomic E-state index is 0.00551. The van der Waals surface area contributed by atoms with Gasteiger partial charge in [0.05, 0.1) is 4.92 Å². The van der Waals surface area contributed by atoms with Crippen LogP contribution in [-0.2, 0) is 9.53 Å². The standard InChI is InChI=1S/C20H24N2O6/c1-13(2)4-5-14(3)21-19(23)12-27-20(24)18-11-10-17(28-18)15-6-8-16(9-7-15)22(25)26/h6-11,13-14H,4-5,12H2,1-3H3,(H,21,23)/t14-/m1/s1. The van der Waals surface area contributed by atoms with Crippen LogP contribution in [0.3, 0.4) is 0 Å². The number of esters is 1. The molecule has 0 saturated carbocycles. The van der Waals surface area contributed by atoms with E-state index in [2.05, 4.69) is 19.2 Å². The van der Waals surface area contributed by atoms with E-state index in [0.29, 0.717) is 17.2 Å². The molecule has 0 bridgehead atoms. The van der Waals surface area contributed by atoms with E-state index in [9.17, 15) is 19.7 Å². The maximum Gasteiger partial charge on any atom is 0.374 e. The Hall–Kier alpha value is -3.16. The highest BCUT2D eigenvalue weighted by Gasteiger charge is 2.17. The second-order valence-electron chi connectivity index (χ2n) is 6.98. The number of rotatable bonds is 9. The number of benzene rings is 1. The van der Waals surface area contributed by atoms with E-state index in [1.54, 1.807) is 6.07 Å². The molecule has 0 aliphatic carbocycles. The van der Waals surface area contributed by atoms with Gasteiger partial charge in [-0.1, -0.05) is 13.8 Å². The number of carbonyl (C=O) groups is 2. The van der Waals surface area contributed by atoms with Crippen molar-refractivity contribution in [3.8, 4) is 11.3 Å². The maximum atomic E-state index is 12.1. The Bertz CT molecular complexity index is 825. The number of carbonyl (C=O) groups excluding carboxylic acids is 2. The van der Waals surface area contributed by atoms with Crippen molar-refractivity contribution >= 4 is 17.6 Å². The quantitative estimate of drug-likeness (QED) is 0.395. The molecule has 0 unspecified atom stereocenters. The summed E-state index contributed by atoms with van der Waals surface area (Å²) < 4.78 is 10.4. The summed E-state index contributed by atoms with van der Waals surface area (Å²) in [5.74, 6) is -0.242. The Morgan fingerprint density at radius 1 is 1.11 bits per heavy atom. The molecule has 0 fully saturated rings. The first-order valence-corrected chi connectivity index (χ1v) is 9.07. The van der Waals surface area contributed by atoms with Gasteiger partial charge in [0, 0.05) is 23.7 Å². The van der Waals surface area contributed by atoms with E-state index in [4.69, 9.17) is 9.15 Å². The Morgan fingerprint density at radius 2 is 1.79 bits per heavy atom. The molecule has 1 amide bonds. The highest BCUT2D eigenvalue weighted by molar-refractivity contribution is 5.89. The lowest BCUT2D eigenvalue weighted by atomic mass is 10.0. The summed E-state index contributed by atoms with van der Waals surface area (Å²) in [7, 11) is 0. The van der Waals surface area contributed by atoms with Crippen molar-refractivity contribution in [3.05, 3.63) is 52.3 Å². The molecule has 1 heterocycles. The summed E-state index contributed by atoms with van der Waals surface area (Å²) in [5.41, 5.74) is 0.546. The highest BCUT2D eigenvalue weighted by Crippen LogP contribution is 2.24. The number of hydrogen-bond donors (Lipinski definition) is 1. The van der Waals surface area contributed by atoms with Crippen LogP contribution in [0.25, 0.3) is 11.3 Å². The van der Waals surface area contributed by atoms with Gasteiger partial charge in [0.25, 0.3) is 11.6 Å². The third-order valence-corrected chi connectivity index (χ3v) is 4.09. The van der Waals surface area contributed by atoms with Crippen molar-refractivity contribution in [2.75, 3.05) is 6.61 Å². The number of amides is 1. The molecule has 0 aliphatic rings. The molecule has 1 N–H and O–H groups in total. The van der Waals surface area contributed by atoms with Gasteiger partial charge in [0.1, 0.15) is 5.76 Å². The molecule has 28 heavy (non-hydrogen) atoms. The van der Waals surface area contributed by atoms with Crippen molar-refractivity contribution in [2.24, 2.45) is 5.92 Å². The predicted molar refractivity (Wildman–Crippen MR) is 103 cm³/mol. The number of hydrogen-bond acceptors (Lipinski definition) is 6. The summed E-state index contributed by atoms with van der Waals surface area (Å²) in [4.78, 5) is 34.1. The van der Waals surface area contributed by atoms with Crippen molar-refractivity contribution in [1.82, 2.24) is 5.32 Å². The van der Waals surface area contributed by atoms with Gasteiger partial charge in [-0.25, -0.2) is 4.79 Å². The molecule has 2 aromatic rings. The molecular weight excluding hydrogens is 364 g/mol. The maximum absolute atomic E-state index is 12.1. The van der Waals surface area contributed by atoms with Crippen molar-refractivity contribution in [3.63, 3.8) is 0 Å². The van der Waals surface area contributed by atoms with E-state index in [1.165, 1.54) is 30.3 Å². The summed E-state index contributed by atoms with van der Waals surface area (Å²) in [6.07, 6.45) is 1.85. The average molecular weight is 388 g/mol. The number of nitrogens with one attached hydrogen (secondary N) is 1. The third kappa shape index (κ3) is 6.22. The molecule has 0 saturated heterocycles. The minimum Gasteiger partial charge on any atom is -0.450 e. The molecule has 2 rings (SSSR count). The van der Waals surface area contributed by atoms with Crippen LogP contribution in [0.5, 0.6) is 0 Å². The SMILES string of the molecule is CC(C)CC[C@@H](C)NC(=O)COC(=O)c1ccc(-c2ccc([N+](=O)[O-])cc2)o1. The lowest BCUT2D eigenvalue weighted by Gasteiger charge is -2.14. The smallest absolute Gasteiger partial charge is 0.374 e. The van der Waals surface area contributed by atoms with Gasteiger partial charge in [0.15, 0.2) is 6.61 Å². The van der Waals surface area contributed by atoms with Gasteiger partial charge in [-0.05, 0) is 49.9 Å². The van der Waals surface area contributed by atoms with E-state index in [1.807, 2.05) is 6.92 Å². The van der Waals surface area contributed by atoms with Crippen LogP contribution >= 0.6 is 0 Å². The van der Waals surface area contributed by atoms with E-state index < -0.39 is 17.5 Å². The predicted octanol–water partition coefficient (Wildman–Crippen LogP) is 3.95. The van der Waals surface area contributed by atoms with Crippen LogP contribution in [-0.4, -0.2) is 29.4 Å². The number of nitrogens with zero attached hydrogens (tertiary/aromatic N) is 1. The lowest BCUT2D eigenvalue weighted by molar-refractivity contribution is -0.384. The van der Waals surface area contributed by atoms with Crippen molar-refractivity contribution < 1.29 is 23.7 Å². The average Bonchev–Trinajstić information content (AvgIpc) is 3.14. The van der Waals surface area contributed by atoms with Crippen molar-refractivity contribution in [1.29, 1.82) is 0 Å². The summed E-state index contributed by atoms with van der Waals surface area (Å²) in [5, 5.41) is 13.5. The second kappa shape index (κ2) is 9.68. The molecule has 0 radical (unpaired) electrons. The van der Waals surface area contributed by atoms with Crippen LogP contribution in [0.4, 0.5) is 5.69 Å². The fourth-order valence-electron chi connectivity index (χ4n) is 2.52. The molecule has 8 heteroatoms. The van der Waals surface area contributed by atoms with Crippen LogP contribution in [0.15, 0.2) is 40.8 Å². The molecule has 150 valence electrons. The Kier molecular flexibility index (Phi) is 7.31. The van der Waals surface area contributed by atoms with Crippen molar-refractivity contribution in [2.45, 2.75) is 39.7 Å². The molecule has 0 aliphatic heterocycles. The Labute approximate surface area is 163 Å². The molecule has 8 nitrogen and oxygen atoms in total. The topological polar surface area (TPSA) is 112 Å². The minimum atomic E-state index is -0.752. The van der Waals surface area contributed by atoms with Crippen LogP contribution < -0.4 is 5.32 Å². The number of nitro groups is 1. The van der Waals surface area contributed by atoms with Gasteiger partial charge >= 0.3 is 5.97 Å². The molecule has 1 aromatic heterocycles. The summed E-state index contributed by atoms with van der Waals surface area (Å²) in [6, 6.07) is 8.75. The second-order valence-corrected chi connectivity index (χ2v) is 6.98. The first-order chi connectivity index (χ1) is 13.3. The van der Waals surface area contributed by atoms with Crippen LogP contribution in [0.1, 0.15) is 44.2 Å². The summed E-state index contributed by atoms with van der Waals surface area (Å²) >= 11 is 0. The number of nitro benzene ring substituents is 1. The molecule has 1 atom stereocenters. The van der Waals surface area contributed by atoms with Gasteiger partial charge < -0.3 is 14.5 Å². The monoisotopic (exact) mass is 388 g/mol. The zero-order chi connectivity index (χ0) is 20.7. The third-order valence-electron chi connectivity index (χ3n) is 4.09. The highest BCUT2D eigenvalue weighted by atomic mass is 16.6. The van der Waals surface area contributed by atoms with E-state index >= 15 is 0 Å². The number of ether oxygens (including phenoxy) is 1. The van der Waals surface area contributed by atoms with Crippen LogP contribution in [0, 0.1) is 16.0 Å². The normalized spacial score (nSPS) is 11.9. The zero-order valence-electron chi connectivity index (χ0n) is 16.1. The van der Waals surface area contributed by atoms with E-state index in [0.717, 1.165) is 12.8 Å². The fourth-order valence-corrected chi connectivity index (χ4v) is 2.52. The molecule has 0 spiro atoms. The number of furan rings is 1. The van der Waals surface area contributed by atoms with Gasteiger partial charge in [0.2, 0.25) is 5.76 Å². The fraction of sp³-hybridized carbons (Fsp3) is 0.400. The van der Waals surface area contributed by atoms with Gasteiger partial charge in [-0.3, -0.25) is 14.9 Å².